The Morgan fingerprint density at radius 2 is 0.865 bits per heavy atom. The van der Waals surface area contributed by atoms with Crippen LogP contribution < -0.4 is 5.32 Å². The Balaban J connectivity index is 1.66. The Morgan fingerprint density at radius 3 is 1.19 bits per heavy atom. The molecule has 1 N–H and O–H groups in total. The largest absolute Gasteiger partial charge is 0.379 e. The van der Waals surface area contributed by atoms with Crippen molar-refractivity contribution in [2.75, 3.05) is 119 Å². The third kappa shape index (κ3) is 19.8. The molecular weight excluding hydrogens is 492 g/mol. The van der Waals surface area contributed by atoms with E-state index in [0.29, 0.717) is 106 Å². The van der Waals surface area contributed by atoms with Crippen molar-refractivity contribution in [2.45, 2.75) is 6.42 Å². The summed E-state index contributed by atoms with van der Waals surface area (Å²) in [4.78, 5) is 34.9. The maximum atomic E-state index is 11.4. The Bertz CT molecular complexity index is 616. The zero-order chi connectivity index (χ0) is 26.8. The molecule has 0 aromatic rings. The molecule has 0 saturated carbocycles. The molecule has 13 nitrogen and oxygen atoms in total. The normalized spacial score (nSPS) is 13.2. The standard InChI is InChI=1S/C24H42N2O11/c1-25-22(27)4-6-30-8-10-32-12-14-34-16-18-36-20-21-37-19-17-35-15-13-33-11-9-31-7-5-26-23(28)2-3-24(26)29/h2-3H,4-21H2,1H3,(H,25,27). The second-order valence-corrected chi connectivity index (χ2v) is 7.48. The van der Waals surface area contributed by atoms with Gasteiger partial charge in [-0.15, -0.1) is 0 Å². The molecule has 0 unspecified atom stereocenters. The fourth-order valence-electron chi connectivity index (χ4n) is 2.74. The van der Waals surface area contributed by atoms with E-state index in [-0.39, 0.29) is 30.9 Å². The quantitative estimate of drug-likeness (QED) is 0.104. The van der Waals surface area contributed by atoms with Crippen LogP contribution in [0.4, 0.5) is 0 Å². The van der Waals surface area contributed by atoms with Crippen molar-refractivity contribution in [1.82, 2.24) is 10.2 Å². The van der Waals surface area contributed by atoms with Crippen LogP contribution in [0.3, 0.4) is 0 Å². The Labute approximate surface area is 218 Å². The molecule has 0 aromatic carbocycles. The molecular formula is C24H42N2O11. The second-order valence-electron chi connectivity index (χ2n) is 7.48. The minimum atomic E-state index is -0.308. The Kier molecular flexibility index (Phi) is 21.8. The van der Waals surface area contributed by atoms with Crippen LogP contribution in [0.15, 0.2) is 12.2 Å². The third-order valence-corrected chi connectivity index (χ3v) is 4.72. The molecule has 1 heterocycles. The number of hydrogen-bond donors (Lipinski definition) is 1. The molecule has 1 rings (SSSR count). The van der Waals surface area contributed by atoms with E-state index in [1.54, 1.807) is 7.05 Å². The summed E-state index contributed by atoms with van der Waals surface area (Å²) in [5, 5.41) is 2.53. The van der Waals surface area contributed by atoms with E-state index >= 15 is 0 Å². The number of carbonyl (C=O) groups excluding carboxylic acids is 3. The maximum absolute atomic E-state index is 11.4. The van der Waals surface area contributed by atoms with E-state index in [1.807, 2.05) is 0 Å². The predicted octanol–water partition coefficient (Wildman–Crippen LogP) is -0.820. The van der Waals surface area contributed by atoms with Gasteiger partial charge < -0.3 is 43.2 Å². The lowest BCUT2D eigenvalue weighted by Crippen LogP contribution is -2.33. The van der Waals surface area contributed by atoms with Crippen molar-refractivity contribution in [3.05, 3.63) is 12.2 Å². The SMILES string of the molecule is CNC(=O)CCOCCOCCOCCOCCOCCOCCOCCOCCN1C(=O)C=CC1=O. The molecule has 0 aromatic heterocycles. The van der Waals surface area contributed by atoms with Gasteiger partial charge in [0.2, 0.25) is 5.91 Å². The Hall–Kier alpha value is -1.97. The summed E-state index contributed by atoms with van der Waals surface area (Å²) in [5.41, 5.74) is 0. The number of nitrogens with one attached hydrogen (secondary N) is 1. The number of nitrogens with zero attached hydrogens (tertiary/aromatic N) is 1. The van der Waals surface area contributed by atoms with Crippen LogP contribution in [0.2, 0.25) is 0 Å². The number of ether oxygens (including phenoxy) is 8. The molecule has 0 aliphatic carbocycles. The average Bonchev–Trinajstić information content (AvgIpc) is 3.22. The summed E-state index contributed by atoms with van der Waals surface area (Å²) in [7, 11) is 1.60. The van der Waals surface area contributed by atoms with Gasteiger partial charge in [-0.1, -0.05) is 0 Å². The lowest BCUT2D eigenvalue weighted by molar-refractivity contribution is -0.137. The van der Waals surface area contributed by atoms with Gasteiger partial charge in [0.1, 0.15) is 0 Å². The highest BCUT2D eigenvalue weighted by Gasteiger charge is 2.22. The van der Waals surface area contributed by atoms with E-state index < -0.39 is 0 Å². The van der Waals surface area contributed by atoms with E-state index in [1.165, 1.54) is 12.2 Å². The number of amides is 3. The van der Waals surface area contributed by atoms with Crippen LogP contribution in [-0.2, 0) is 52.3 Å². The van der Waals surface area contributed by atoms with Crippen molar-refractivity contribution in [2.24, 2.45) is 0 Å². The van der Waals surface area contributed by atoms with Crippen molar-refractivity contribution in [1.29, 1.82) is 0 Å². The topological polar surface area (TPSA) is 140 Å². The fraction of sp³-hybridized carbons (Fsp3) is 0.792. The highest BCUT2D eigenvalue weighted by molar-refractivity contribution is 6.12. The minimum absolute atomic E-state index is 0.0420. The van der Waals surface area contributed by atoms with Gasteiger partial charge in [-0.05, 0) is 0 Å². The Morgan fingerprint density at radius 1 is 0.568 bits per heavy atom. The van der Waals surface area contributed by atoms with Crippen LogP contribution in [0.1, 0.15) is 6.42 Å². The number of rotatable bonds is 27. The molecule has 1 aliphatic rings. The monoisotopic (exact) mass is 534 g/mol. The van der Waals surface area contributed by atoms with Gasteiger partial charge in [0, 0.05) is 25.6 Å². The first-order valence-corrected chi connectivity index (χ1v) is 12.5. The van der Waals surface area contributed by atoms with Crippen molar-refractivity contribution in [3.8, 4) is 0 Å². The molecule has 1 aliphatic heterocycles. The molecule has 3 amide bonds. The second kappa shape index (κ2) is 24.4. The predicted molar refractivity (Wildman–Crippen MR) is 131 cm³/mol. The molecule has 0 radical (unpaired) electrons. The summed E-state index contributed by atoms with van der Waals surface area (Å²) in [6.07, 6.45) is 2.85. The molecule has 37 heavy (non-hydrogen) atoms. The van der Waals surface area contributed by atoms with Gasteiger partial charge >= 0.3 is 0 Å². The van der Waals surface area contributed by atoms with Crippen LogP contribution in [-0.4, -0.2) is 142 Å². The van der Waals surface area contributed by atoms with Gasteiger partial charge in [0.15, 0.2) is 0 Å². The molecule has 13 heteroatoms. The molecule has 0 bridgehead atoms. The van der Waals surface area contributed by atoms with Crippen molar-refractivity contribution in [3.63, 3.8) is 0 Å². The molecule has 0 fully saturated rings. The van der Waals surface area contributed by atoms with Crippen LogP contribution in [0.25, 0.3) is 0 Å². The third-order valence-electron chi connectivity index (χ3n) is 4.72. The summed E-state index contributed by atoms with van der Waals surface area (Å²) < 4.78 is 43.0. The summed E-state index contributed by atoms with van der Waals surface area (Å²) in [5.74, 6) is -0.657. The first-order valence-electron chi connectivity index (χ1n) is 12.5. The van der Waals surface area contributed by atoms with Gasteiger partial charge in [0.25, 0.3) is 11.8 Å². The first kappa shape index (κ1) is 33.1. The molecule has 214 valence electrons. The minimum Gasteiger partial charge on any atom is -0.379 e. The van der Waals surface area contributed by atoms with Crippen molar-refractivity contribution < 1.29 is 52.3 Å². The number of hydrogen-bond acceptors (Lipinski definition) is 11. The lowest BCUT2D eigenvalue weighted by Gasteiger charge is -2.13. The zero-order valence-electron chi connectivity index (χ0n) is 21.8. The number of imide groups is 1. The van der Waals surface area contributed by atoms with Crippen LogP contribution in [0.5, 0.6) is 0 Å². The summed E-state index contributed by atoms with van der Waals surface area (Å²) in [6, 6.07) is 0. The fourth-order valence-corrected chi connectivity index (χ4v) is 2.74. The smallest absolute Gasteiger partial charge is 0.253 e. The molecule has 0 spiro atoms. The lowest BCUT2D eigenvalue weighted by atomic mass is 10.4. The van der Waals surface area contributed by atoms with E-state index in [9.17, 15) is 14.4 Å². The zero-order valence-corrected chi connectivity index (χ0v) is 21.8. The van der Waals surface area contributed by atoms with Crippen LogP contribution >= 0.6 is 0 Å². The van der Waals surface area contributed by atoms with Gasteiger partial charge in [-0.3, -0.25) is 19.3 Å². The molecule has 0 saturated heterocycles. The number of carbonyl (C=O) groups is 3. The average molecular weight is 535 g/mol. The first-order chi connectivity index (χ1) is 18.1. The maximum Gasteiger partial charge on any atom is 0.253 e. The van der Waals surface area contributed by atoms with E-state index in [2.05, 4.69) is 5.32 Å². The summed E-state index contributed by atoms with van der Waals surface area (Å²) in [6.45, 7) is 7.31. The highest BCUT2D eigenvalue weighted by Crippen LogP contribution is 2.02. The van der Waals surface area contributed by atoms with Gasteiger partial charge in [-0.2, -0.15) is 0 Å². The van der Waals surface area contributed by atoms with Gasteiger partial charge in [0.05, 0.1) is 112 Å². The highest BCUT2D eigenvalue weighted by atomic mass is 16.6. The molecule has 0 atom stereocenters. The van der Waals surface area contributed by atoms with E-state index in [0.717, 1.165) is 4.90 Å². The van der Waals surface area contributed by atoms with Gasteiger partial charge in [-0.25, -0.2) is 0 Å². The van der Waals surface area contributed by atoms with Crippen molar-refractivity contribution >= 4 is 17.7 Å². The van der Waals surface area contributed by atoms with Crippen LogP contribution in [0, 0.1) is 0 Å². The van der Waals surface area contributed by atoms with E-state index in [4.69, 9.17) is 37.9 Å². The summed E-state index contributed by atoms with van der Waals surface area (Å²) >= 11 is 0.